The Balaban J connectivity index is 3.54. The number of carboxylic acid groups (broad SMARTS) is 1. The Labute approximate surface area is 126 Å². The van der Waals surface area contributed by atoms with Crippen molar-refractivity contribution in [2.45, 2.75) is 0 Å². The number of carboxylic acids is 1. The van der Waals surface area contributed by atoms with Crippen LogP contribution in [0.25, 0.3) is 6.08 Å². The van der Waals surface area contributed by atoms with Crippen LogP contribution in [-0.4, -0.2) is 25.3 Å². The van der Waals surface area contributed by atoms with Gasteiger partial charge in [0.2, 0.25) is 0 Å². The van der Waals surface area contributed by atoms with Gasteiger partial charge in [0.05, 0.1) is 18.7 Å². The Morgan fingerprint density at radius 1 is 1.37 bits per heavy atom. The van der Waals surface area contributed by atoms with Gasteiger partial charge in [-0.15, -0.1) is 0 Å². The van der Waals surface area contributed by atoms with E-state index in [2.05, 4.69) is 31.9 Å². The number of benzene rings is 1. The molecule has 0 aliphatic rings. The number of nitrogens with zero attached hydrogens (tertiary/aromatic N) is 1. The first-order chi connectivity index (χ1) is 8.96. The highest BCUT2D eigenvalue weighted by atomic mass is 79.9. The van der Waals surface area contributed by atoms with E-state index in [-0.39, 0.29) is 5.57 Å². The summed E-state index contributed by atoms with van der Waals surface area (Å²) in [5, 5.41) is 17.6. The predicted octanol–water partition coefficient (Wildman–Crippen LogP) is 3.22. The third kappa shape index (κ3) is 3.28. The molecule has 0 saturated heterocycles. The van der Waals surface area contributed by atoms with E-state index in [4.69, 9.17) is 19.8 Å². The van der Waals surface area contributed by atoms with Gasteiger partial charge in [0.1, 0.15) is 21.9 Å². The van der Waals surface area contributed by atoms with Crippen molar-refractivity contribution in [2.24, 2.45) is 0 Å². The summed E-state index contributed by atoms with van der Waals surface area (Å²) in [6, 6.07) is 3.23. The van der Waals surface area contributed by atoms with Crippen LogP contribution in [0.15, 0.2) is 20.6 Å². The van der Waals surface area contributed by atoms with Crippen LogP contribution in [0.5, 0.6) is 11.5 Å². The standard InChI is InChI=1S/C12H9Br2NO4/c1-18-10-6(3-7(5-15)12(16)17)4-8(13)11(19-2)9(10)14/h3-4H,1-2H3,(H,16,17)/b7-3+. The normalized spacial score (nSPS) is 10.8. The second kappa shape index (κ2) is 6.59. The van der Waals surface area contributed by atoms with E-state index >= 15 is 0 Å². The topological polar surface area (TPSA) is 79.5 Å². The summed E-state index contributed by atoms with van der Waals surface area (Å²) in [7, 11) is 2.94. The molecule has 7 heteroatoms. The highest BCUT2D eigenvalue weighted by molar-refractivity contribution is 9.11. The Bertz CT molecular complexity index is 590. The fourth-order valence-electron chi connectivity index (χ4n) is 1.40. The van der Waals surface area contributed by atoms with Gasteiger partial charge in [0, 0.05) is 5.56 Å². The first kappa shape index (κ1) is 15.5. The van der Waals surface area contributed by atoms with Crippen LogP contribution in [0.1, 0.15) is 5.56 Å². The minimum atomic E-state index is -1.30. The largest absolute Gasteiger partial charge is 0.495 e. The Hall–Kier alpha value is -1.52. The molecular formula is C12H9Br2NO4. The molecule has 0 spiro atoms. The maximum Gasteiger partial charge on any atom is 0.346 e. The molecule has 0 aliphatic carbocycles. The zero-order valence-corrected chi connectivity index (χ0v) is 13.2. The smallest absolute Gasteiger partial charge is 0.346 e. The first-order valence-corrected chi connectivity index (χ1v) is 6.49. The number of carbonyl (C=O) groups is 1. The molecule has 100 valence electrons. The molecule has 1 aromatic carbocycles. The second-order valence-corrected chi connectivity index (χ2v) is 4.95. The molecule has 1 N–H and O–H groups in total. The molecule has 1 rings (SSSR count). The van der Waals surface area contributed by atoms with Crippen LogP contribution in [0, 0.1) is 11.3 Å². The molecule has 19 heavy (non-hydrogen) atoms. The van der Waals surface area contributed by atoms with Gasteiger partial charge in [-0.2, -0.15) is 5.26 Å². The molecule has 0 fully saturated rings. The van der Waals surface area contributed by atoms with Crippen LogP contribution in [-0.2, 0) is 4.79 Å². The van der Waals surface area contributed by atoms with Crippen molar-refractivity contribution >= 4 is 43.9 Å². The van der Waals surface area contributed by atoms with Crippen LogP contribution < -0.4 is 9.47 Å². The van der Waals surface area contributed by atoms with E-state index in [9.17, 15) is 4.79 Å². The van der Waals surface area contributed by atoms with Crippen molar-refractivity contribution in [3.8, 4) is 17.6 Å². The lowest BCUT2D eigenvalue weighted by Gasteiger charge is -2.13. The number of hydrogen-bond donors (Lipinski definition) is 1. The minimum absolute atomic E-state index is 0.383. The maximum atomic E-state index is 10.8. The number of methoxy groups -OCH3 is 2. The van der Waals surface area contributed by atoms with Gasteiger partial charge < -0.3 is 14.6 Å². The lowest BCUT2D eigenvalue weighted by molar-refractivity contribution is -0.132. The van der Waals surface area contributed by atoms with Crippen molar-refractivity contribution in [3.63, 3.8) is 0 Å². The molecule has 0 saturated carbocycles. The molecule has 0 aliphatic heterocycles. The number of rotatable bonds is 4. The van der Waals surface area contributed by atoms with Gasteiger partial charge >= 0.3 is 5.97 Å². The van der Waals surface area contributed by atoms with E-state index in [1.54, 1.807) is 12.1 Å². The number of aliphatic carboxylic acids is 1. The lowest BCUT2D eigenvalue weighted by atomic mass is 10.1. The summed E-state index contributed by atoms with van der Waals surface area (Å²) in [6.07, 6.45) is 1.23. The maximum absolute atomic E-state index is 10.8. The van der Waals surface area contributed by atoms with Crippen molar-refractivity contribution in [1.29, 1.82) is 5.26 Å². The fourth-order valence-corrected chi connectivity index (χ4v) is 3.04. The summed E-state index contributed by atoms with van der Waals surface area (Å²) in [5.41, 5.74) is 0.0586. The summed E-state index contributed by atoms with van der Waals surface area (Å²) in [6.45, 7) is 0. The molecule has 0 bridgehead atoms. The van der Waals surface area contributed by atoms with Crippen LogP contribution >= 0.6 is 31.9 Å². The average Bonchev–Trinajstić information content (AvgIpc) is 2.35. The van der Waals surface area contributed by atoms with Gasteiger partial charge in [0.25, 0.3) is 0 Å². The van der Waals surface area contributed by atoms with Gasteiger partial charge in [-0.1, -0.05) is 0 Å². The van der Waals surface area contributed by atoms with Gasteiger partial charge in [-0.05, 0) is 44.0 Å². The summed E-state index contributed by atoms with van der Waals surface area (Å²) >= 11 is 6.61. The quantitative estimate of drug-likeness (QED) is 0.630. The van der Waals surface area contributed by atoms with E-state index in [1.807, 2.05) is 0 Å². The van der Waals surface area contributed by atoms with E-state index in [0.29, 0.717) is 26.0 Å². The monoisotopic (exact) mass is 389 g/mol. The highest BCUT2D eigenvalue weighted by Crippen LogP contribution is 2.43. The zero-order valence-electron chi connectivity index (χ0n) is 10.0. The molecule has 0 radical (unpaired) electrons. The SMILES string of the molecule is COc1c(Br)cc(/C=C(\C#N)C(=O)O)c(OC)c1Br. The highest BCUT2D eigenvalue weighted by Gasteiger charge is 2.17. The van der Waals surface area contributed by atoms with Crippen LogP contribution in [0.4, 0.5) is 0 Å². The minimum Gasteiger partial charge on any atom is -0.495 e. The van der Waals surface area contributed by atoms with Gasteiger partial charge in [-0.25, -0.2) is 4.79 Å². The average molecular weight is 391 g/mol. The van der Waals surface area contributed by atoms with Crippen molar-refractivity contribution in [3.05, 3.63) is 26.1 Å². The van der Waals surface area contributed by atoms with Crippen LogP contribution in [0.2, 0.25) is 0 Å². The van der Waals surface area contributed by atoms with Gasteiger partial charge in [0.15, 0.2) is 5.75 Å². The molecule has 0 amide bonds. The summed E-state index contributed by atoms with van der Waals surface area (Å²) in [5.74, 6) is -0.399. The van der Waals surface area contributed by atoms with Crippen molar-refractivity contribution in [1.82, 2.24) is 0 Å². The Morgan fingerprint density at radius 3 is 2.37 bits per heavy atom. The lowest BCUT2D eigenvalue weighted by Crippen LogP contribution is -1.99. The first-order valence-electron chi connectivity index (χ1n) is 4.91. The molecule has 5 nitrogen and oxygen atoms in total. The molecule has 0 aromatic heterocycles. The van der Waals surface area contributed by atoms with E-state index < -0.39 is 5.97 Å². The number of hydrogen-bond acceptors (Lipinski definition) is 4. The fraction of sp³-hybridized carbons (Fsp3) is 0.167. The number of nitriles is 1. The molecule has 0 heterocycles. The third-order valence-electron chi connectivity index (χ3n) is 2.22. The van der Waals surface area contributed by atoms with Crippen LogP contribution in [0.3, 0.4) is 0 Å². The molecule has 1 aromatic rings. The van der Waals surface area contributed by atoms with Crippen molar-refractivity contribution < 1.29 is 19.4 Å². The molecule has 0 unspecified atom stereocenters. The molecular weight excluding hydrogens is 382 g/mol. The third-order valence-corrected chi connectivity index (χ3v) is 3.53. The Kier molecular flexibility index (Phi) is 5.39. The van der Waals surface area contributed by atoms with Gasteiger partial charge in [-0.3, -0.25) is 0 Å². The number of halogens is 2. The summed E-state index contributed by atoms with van der Waals surface area (Å²) < 4.78 is 11.5. The second-order valence-electron chi connectivity index (χ2n) is 3.30. The molecule has 0 atom stereocenters. The van der Waals surface area contributed by atoms with E-state index in [0.717, 1.165) is 0 Å². The Morgan fingerprint density at radius 2 is 1.95 bits per heavy atom. The van der Waals surface area contributed by atoms with Crippen molar-refractivity contribution in [2.75, 3.05) is 14.2 Å². The van der Waals surface area contributed by atoms with E-state index in [1.165, 1.54) is 20.3 Å². The predicted molar refractivity (Wildman–Crippen MR) is 76.2 cm³/mol. The zero-order chi connectivity index (χ0) is 14.6. The summed E-state index contributed by atoms with van der Waals surface area (Å²) in [4.78, 5) is 10.8. The number of ether oxygens (including phenoxy) is 2.